The van der Waals surface area contributed by atoms with Gasteiger partial charge in [-0.1, -0.05) is 6.92 Å². The second kappa shape index (κ2) is 4.94. The summed E-state index contributed by atoms with van der Waals surface area (Å²) in [4.78, 5) is 0. The average molecular weight is 321 g/mol. The van der Waals surface area contributed by atoms with Crippen LogP contribution in [0.3, 0.4) is 0 Å². The smallest absolute Gasteiger partial charge is 0.0656 e. The van der Waals surface area contributed by atoms with Crippen LogP contribution in [0.2, 0.25) is 0 Å². The third kappa shape index (κ3) is 2.70. The molecular weight excluding hydrogens is 305 g/mol. The molecule has 1 aliphatic carbocycles. The minimum atomic E-state index is 0.634. The third-order valence-electron chi connectivity index (χ3n) is 2.65. The second-order valence-electron chi connectivity index (χ2n) is 3.95. The maximum Gasteiger partial charge on any atom is 0.0656 e. The molecule has 1 unspecified atom stereocenters. The molecule has 1 N–H and O–H groups in total. The summed E-state index contributed by atoms with van der Waals surface area (Å²) in [6.07, 6.45) is 4.05. The van der Waals surface area contributed by atoms with Crippen LogP contribution in [0.25, 0.3) is 0 Å². The van der Waals surface area contributed by atoms with Crippen molar-refractivity contribution in [2.75, 3.05) is 6.54 Å². The topological polar surface area (TPSA) is 12.0 Å². The van der Waals surface area contributed by atoms with Crippen molar-refractivity contribution < 1.29 is 0 Å². The molecule has 1 atom stereocenters. The Kier molecular flexibility index (Phi) is 3.85. The molecule has 3 heteroatoms. The van der Waals surface area contributed by atoms with Gasteiger partial charge in [-0.05, 0) is 71.3 Å². The summed E-state index contributed by atoms with van der Waals surface area (Å²) in [6.45, 7) is 3.38. The number of nitrogens with one attached hydrogen (secondary N) is 1. The van der Waals surface area contributed by atoms with Gasteiger partial charge < -0.3 is 5.32 Å². The van der Waals surface area contributed by atoms with E-state index in [0.717, 1.165) is 12.5 Å². The van der Waals surface area contributed by atoms with Crippen LogP contribution in [0, 0.1) is 8.80 Å². The van der Waals surface area contributed by atoms with Crippen LogP contribution >= 0.6 is 33.9 Å². The first-order chi connectivity index (χ1) is 6.81. The zero-order valence-electron chi connectivity index (χ0n) is 8.42. The number of thiophene rings is 1. The Morgan fingerprint density at radius 3 is 2.93 bits per heavy atom. The van der Waals surface area contributed by atoms with E-state index in [0.29, 0.717) is 6.04 Å². The SMILES string of the molecule is CCCNC(c1csc(I)c1)C1CC1. The van der Waals surface area contributed by atoms with Crippen LogP contribution in [0.15, 0.2) is 11.4 Å². The van der Waals surface area contributed by atoms with Gasteiger partial charge in [-0.15, -0.1) is 11.3 Å². The zero-order valence-corrected chi connectivity index (χ0v) is 11.4. The fourth-order valence-electron chi connectivity index (χ4n) is 1.77. The van der Waals surface area contributed by atoms with Gasteiger partial charge in [-0.25, -0.2) is 0 Å². The number of hydrogen-bond donors (Lipinski definition) is 1. The lowest BCUT2D eigenvalue weighted by molar-refractivity contribution is 0.482. The van der Waals surface area contributed by atoms with Gasteiger partial charge in [-0.2, -0.15) is 0 Å². The molecule has 0 aliphatic heterocycles. The third-order valence-corrected chi connectivity index (χ3v) is 4.46. The molecule has 1 aromatic rings. The summed E-state index contributed by atoms with van der Waals surface area (Å²) in [5.41, 5.74) is 1.51. The van der Waals surface area contributed by atoms with Gasteiger partial charge in [0, 0.05) is 6.04 Å². The lowest BCUT2D eigenvalue weighted by Gasteiger charge is -2.16. The Balaban J connectivity index is 2.02. The van der Waals surface area contributed by atoms with Gasteiger partial charge in [-0.3, -0.25) is 0 Å². The quantitative estimate of drug-likeness (QED) is 0.814. The van der Waals surface area contributed by atoms with E-state index >= 15 is 0 Å². The molecule has 0 spiro atoms. The minimum Gasteiger partial charge on any atom is -0.310 e. The van der Waals surface area contributed by atoms with Crippen molar-refractivity contribution in [2.45, 2.75) is 32.2 Å². The van der Waals surface area contributed by atoms with Crippen molar-refractivity contribution >= 4 is 33.9 Å². The summed E-state index contributed by atoms with van der Waals surface area (Å²) in [7, 11) is 0. The average Bonchev–Trinajstić information content (AvgIpc) is 2.91. The van der Waals surface area contributed by atoms with Crippen LogP contribution < -0.4 is 5.32 Å². The predicted octanol–water partition coefficient (Wildman–Crippen LogP) is 3.80. The van der Waals surface area contributed by atoms with Crippen molar-refractivity contribution in [1.82, 2.24) is 5.32 Å². The maximum absolute atomic E-state index is 3.66. The molecule has 0 amide bonds. The maximum atomic E-state index is 3.66. The number of hydrogen-bond acceptors (Lipinski definition) is 2. The van der Waals surface area contributed by atoms with Gasteiger partial charge in [0.25, 0.3) is 0 Å². The fraction of sp³-hybridized carbons (Fsp3) is 0.636. The van der Waals surface area contributed by atoms with Crippen molar-refractivity contribution in [3.8, 4) is 0 Å². The van der Waals surface area contributed by atoms with E-state index in [1.54, 1.807) is 0 Å². The van der Waals surface area contributed by atoms with Crippen molar-refractivity contribution in [3.05, 3.63) is 19.9 Å². The van der Waals surface area contributed by atoms with Gasteiger partial charge in [0.05, 0.1) is 2.88 Å². The molecule has 0 saturated heterocycles. The van der Waals surface area contributed by atoms with E-state index < -0.39 is 0 Å². The number of rotatable bonds is 5. The van der Waals surface area contributed by atoms with Gasteiger partial charge in [0.15, 0.2) is 0 Å². The molecule has 1 aromatic heterocycles. The molecule has 1 heterocycles. The van der Waals surface area contributed by atoms with Crippen LogP contribution in [0.4, 0.5) is 0 Å². The highest BCUT2D eigenvalue weighted by Crippen LogP contribution is 2.42. The Labute approximate surface area is 103 Å². The standard InChI is InChI=1S/C11H16INS/c1-2-5-13-11(8-3-4-8)9-6-10(12)14-7-9/h6-8,11,13H,2-5H2,1H3. The molecule has 14 heavy (non-hydrogen) atoms. The lowest BCUT2D eigenvalue weighted by atomic mass is 10.1. The first kappa shape index (κ1) is 10.9. The lowest BCUT2D eigenvalue weighted by Crippen LogP contribution is -2.23. The molecule has 1 fully saturated rings. The highest BCUT2D eigenvalue weighted by atomic mass is 127. The normalized spacial score (nSPS) is 18.4. The van der Waals surface area contributed by atoms with Crippen LogP contribution in [0.1, 0.15) is 37.8 Å². The summed E-state index contributed by atoms with van der Waals surface area (Å²) in [6, 6.07) is 2.96. The molecule has 78 valence electrons. The zero-order chi connectivity index (χ0) is 9.97. The Morgan fingerprint density at radius 2 is 2.43 bits per heavy atom. The van der Waals surface area contributed by atoms with Crippen LogP contribution in [-0.2, 0) is 0 Å². The van der Waals surface area contributed by atoms with Gasteiger partial charge in [0.1, 0.15) is 0 Å². The van der Waals surface area contributed by atoms with E-state index in [2.05, 4.69) is 46.3 Å². The second-order valence-corrected chi connectivity index (χ2v) is 6.76. The monoisotopic (exact) mass is 321 g/mol. The summed E-state index contributed by atoms with van der Waals surface area (Å²) < 4.78 is 1.40. The Hall–Kier alpha value is 0.390. The van der Waals surface area contributed by atoms with E-state index in [-0.39, 0.29) is 0 Å². The first-order valence-electron chi connectivity index (χ1n) is 5.28. The molecule has 1 saturated carbocycles. The minimum absolute atomic E-state index is 0.634. The largest absolute Gasteiger partial charge is 0.310 e. The van der Waals surface area contributed by atoms with E-state index in [1.807, 2.05) is 11.3 Å². The molecular formula is C11H16INS. The molecule has 0 bridgehead atoms. The first-order valence-corrected chi connectivity index (χ1v) is 7.24. The highest BCUT2D eigenvalue weighted by Gasteiger charge is 2.32. The van der Waals surface area contributed by atoms with Crippen LogP contribution in [-0.4, -0.2) is 6.54 Å². The van der Waals surface area contributed by atoms with Gasteiger partial charge >= 0.3 is 0 Å². The van der Waals surface area contributed by atoms with Crippen molar-refractivity contribution in [2.24, 2.45) is 5.92 Å². The molecule has 1 aliphatic rings. The van der Waals surface area contributed by atoms with Crippen molar-refractivity contribution in [3.63, 3.8) is 0 Å². The van der Waals surface area contributed by atoms with Crippen molar-refractivity contribution in [1.29, 1.82) is 0 Å². The predicted molar refractivity (Wildman–Crippen MR) is 70.8 cm³/mol. The fourth-order valence-corrected chi connectivity index (χ4v) is 3.18. The summed E-state index contributed by atoms with van der Waals surface area (Å²) in [5.74, 6) is 0.909. The Morgan fingerprint density at radius 1 is 1.64 bits per heavy atom. The van der Waals surface area contributed by atoms with Crippen LogP contribution in [0.5, 0.6) is 0 Å². The summed E-state index contributed by atoms with van der Waals surface area (Å²) in [5, 5.41) is 5.98. The van der Waals surface area contributed by atoms with E-state index in [9.17, 15) is 0 Å². The number of halogens is 1. The summed E-state index contributed by atoms with van der Waals surface area (Å²) >= 11 is 4.26. The molecule has 0 radical (unpaired) electrons. The van der Waals surface area contributed by atoms with Gasteiger partial charge in [0.2, 0.25) is 0 Å². The van der Waals surface area contributed by atoms with E-state index in [4.69, 9.17) is 0 Å². The Bertz CT molecular complexity index is 293. The highest BCUT2D eigenvalue weighted by molar-refractivity contribution is 14.1. The molecule has 0 aromatic carbocycles. The molecule has 2 rings (SSSR count). The molecule has 1 nitrogen and oxygen atoms in total. The van der Waals surface area contributed by atoms with E-state index in [1.165, 1.54) is 27.7 Å².